The monoisotopic (exact) mass is 226 g/mol. The molecule has 0 amide bonds. The standard InChI is InChI=1S/C6H12N3O2S.ClH/c1-6(7)12(10,11)9(2)4-3-8-5-9;/h3-6H,7H2,1-2H3;1H/q+1;. The van der Waals surface area contributed by atoms with Crippen LogP contribution in [0, 0.1) is 0 Å². The predicted octanol–water partition coefficient (Wildman–Crippen LogP) is 0.00240. The van der Waals surface area contributed by atoms with Gasteiger partial charge < -0.3 is 5.73 Å². The number of rotatable bonds is 2. The lowest BCUT2D eigenvalue weighted by Gasteiger charge is -2.22. The maximum Gasteiger partial charge on any atom is 0.322 e. The van der Waals surface area contributed by atoms with E-state index in [1.165, 1.54) is 32.7 Å². The van der Waals surface area contributed by atoms with Crippen molar-refractivity contribution in [3.8, 4) is 0 Å². The van der Waals surface area contributed by atoms with Crippen molar-refractivity contribution in [2.45, 2.75) is 12.3 Å². The van der Waals surface area contributed by atoms with E-state index in [-0.39, 0.29) is 16.3 Å². The van der Waals surface area contributed by atoms with E-state index in [1.807, 2.05) is 0 Å². The minimum Gasteiger partial charge on any atom is -0.311 e. The molecule has 1 aliphatic rings. The number of halogens is 1. The summed E-state index contributed by atoms with van der Waals surface area (Å²) in [5.74, 6) is 0. The fraction of sp³-hybridized carbons (Fsp3) is 0.500. The van der Waals surface area contributed by atoms with Crippen molar-refractivity contribution >= 4 is 28.8 Å². The number of hydrogen-bond acceptors (Lipinski definition) is 4. The molecule has 13 heavy (non-hydrogen) atoms. The lowest BCUT2D eigenvalue weighted by atomic mass is 10.8. The summed E-state index contributed by atoms with van der Waals surface area (Å²) in [7, 11) is -1.88. The Balaban J connectivity index is 0.00000144. The van der Waals surface area contributed by atoms with Crippen LogP contribution in [0.15, 0.2) is 17.4 Å². The third-order valence-electron chi connectivity index (χ3n) is 1.76. The van der Waals surface area contributed by atoms with Crippen LogP contribution in [0.2, 0.25) is 0 Å². The van der Waals surface area contributed by atoms with Gasteiger partial charge >= 0.3 is 10.0 Å². The zero-order chi connectivity index (χ0) is 9.41. The molecule has 1 heterocycles. The first-order chi connectivity index (χ1) is 5.40. The molecule has 0 radical (unpaired) electrons. The highest BCUT2D eigenvalue weighted by molar-refractivity contribution is 7.86. The molecule has 2 unspecified atom stereocenters. The summed E-state index contributed by atoms with van der Waals surface area (Å²) >= 11 is 0. The number of nitrogens with zero attached hydrogens (tertiary/aromatic N) is 2. The molecule has 76 valence electrons. The first-order valence-electron chi connectivity index (χ1n) is 3.48. The van der Waals surface area contributed by atoms with Gasteiger partial charge in [-0.2, -0.15) is 12.3 Å². The Morgan fingerprint density at radius 1 is 1.54 bits per heavy atom. The molecule has 0 aliphatic carbocycles. The molecule has 0 spiro atoms. The zero-order valence-electron chi connectivity index (χ0n) is 7.41. The van der Waals surface area contributed by atoms with Crippen LogP contribution in [-0.4, -0.2) is 31.1 Å². The second-order valence-corrected chi connectivity index (χ2v) is 5.40. The molecule has 1 rings (SSSR count). The Morgan fingerprint density at radius 3 is 2.38 bits per heavy atom. The van der Waals surface area contributed by atoms with E-state index in [1.54, 1.807) is 0 Å². The van der Waals surface area contributed by atoms with E-state index in [2.05, 4.69) is 4.99 Å². The Bertz CT molecular complexity index is 322. The van der Waals surface area contributed by atoms with Crippen LogP contribution in [0.25, 0.3) is 0 Å². The third-order valence-corrected chi connectivity index (χ3v) is 4.02. The molecule has 2 atom stereocenters. The Hall–Kier alpha value is -0.430. The van der Waals surface area contributed by atoms with Crippen LogP contribution in [0.1, 0.15) is 6.92 Å². The Morgan fingerprint density at radius 2 is 2.08 bits per heavy atom. The molecule has 0 fully saturated rings. The highest BCUT2D eigenvalue weighted by Gasteiger charge is 2.39. The molecule has 0 aromatic carbocycles. The van der Waals surface area contributed by atoms with E-state index < -0.39 is 15.4 Å². The molecule has 5 nitrogen and oxygen atoms in total. The highest BCUT2D eigenvalue weighted by Crippen LogP contribution is 2.17. The molecular weight excluding hydrogens is 214 g/mol. The number of sulfonamides is 1. The number of hydrogen-bond donors (Lipinski definition) is 1. The zero-order valence-corrected chi connectivity index (χ0v) is 9.05. The van der Waals surface area contributed by atoms with E-state index in [4.69, 9.17) is 5.73 Å². The van der Waals surface area contributed by atoms with Crippen LogP contribution >= 0.6 is 12.4 Å². The van der Waals surface area contributed by atoms with Crippen molar-refractivity contribution in [1.82, 2.24) is 0 Å². The average Bonchev–Trinajstić information content (AvgIpc) is 2.37. The number of nitrogens with two attached hydrogens (primary N) is 1. The molecule has 1 aliphatic heterocycles. The van der Waals surface area contributed by atoms with E-state index in [9.17, 15) is 8.42 Å². The van der Waals surface area contributed by atoms with Gasteiger partial charge in [-0.15, -0.1) is 12.4 Å². The Kier molecular flexibility index (Phi) is 3.62. The van der Waals surface area contributed by atoms with Gasteiger partial charge in [-0.3, -0.25) is 0 Å². The minimum atomic E-state index is -3.40. The maximum absolute atomic E-state index is 11.6. The molecular formula is C6H13ClN3O2S+. The van der Waals surface area contributed by atoms with E-state index >= 15 is 0 Å². The van der Waals surface area contributed by atoms with Crippen molar-refractivity contribution in [1.29, 1.82) is 0 Å². The summed E-state index contributed by atoms with van der Waals surface area (Å²) in [6.45, 7) is 1.44. The van der Waals surface area contributed by atoms with Gasteiger partial charge in [0.1, 0.15) is 6.20 Å². The molecule has 0 aromatic heterocycles. The summed E-state index contributed by atoms with van der Waals surface area (Å²) in [5.41, 5.74) is 5.34. The molecule has 0 saturated heterocycles. The SMILES string of the molecule is CC(N)S(=O)(=O)[N+]1(C)C=CN=C1.Cl. The fourth-order valence-electron chi connectivity index (χ4n) is 0.889. The first-order valence-corrected chi connectivity index (χ1v) is 4.98. The molecule has 0 aromatic rings. The lowest BCUT2D eigenvalue weighted by Crippen LogP contribution is -2.49. The van der Waals surface area contributed by atoms with Gasteiger partial charge in [-0.05, 0) is 6.92 Å². The summed E-state index contributed by atoms with van der Waals surface area (Å²) in [4.78, 5) is 3.72. The van der Waals surface area contributed by atoms with Crippen molar-refractivity contribution in [2.75, 3.05) is 7.05 Å². The van der Waals surface area contributed by atoms with Crippen molar-refractivity contribution in [2.24, 2.45) is 10.7 Å². The molecule has 7 heteroatoms. The normalized spacial score (nSPS) is 28.5. The van der Waals surface area contributed by atoms with Gasteiger partial charge in [0, 0.05) is 0 Å². The number of aliphatic imine (C=N–C) groups is 1. The van der Waals surface area contributed by atoms with Crippen LogP contribution < -0.4 is 5.73 Å². The predicted molar refractivity (Wildman–Crippen MR) is 53.6 cm³/mol. The average molecular weight is 227 g/mol. The largest absolute Gasteiger partial charge is 0.322 e. The fourth-order valence-corrected chi connectivity index (χ4v) is 2.02. The lowest BCUT2D eigenvalue weighted by molar-refractivity contribution is -0.612. The topological polar surface area (TPSA) is 72.5 Å². The summed E-state index contributed by atoms with van der Waals surface area (Å²) in [6, 6.07) is 0. The third kappa shape index (κ3) is 1.91. The van der Waals surface area contributed by atoms with Gasteiger partial charge in [-0.1, -0.05) is 0 Å². The van der Waals surface area contributed by atoms with Crippen LogP contribution in [0.4, 0.5) is 0 Å². The first kappa shape index (κ1) is 12.6. The van der Waals surface area contributed by atoms with Crippen molar-refractivity contribution < 1.29 is 12.3 Å². The second kappa shape index (κ2) is 3.75. The molecule has 0 saturated carbocycles. The van der Waals surface area contributed by atoms with Crippen LogP contribution in [-0.2, 0) is 10.0 Å². The molecule has 2 N–H and O–H groups in total. The van der Waals surface area contributed by atoms with Gasteiger partial charge in [0.25, 0.3) is 0 Å². The highest BCUT2D eigenvalue weighted by atomic mass is 35.5. The second-order valence-electron chi connectivity index (χ2n) is 2.84. The van der Waals surface area contributed by atoms with Crippen molar-refractivity contribution in [3.05, 3.63) is 12.4 Å². The maximum atomic E-state index is 11.6. The van der Waals surface area contributed by atoms with Crippen LogP contribution in [0.3, 0.4) is 0 Å². The van der Waals surface area contributed by atoms with E-state index in [0.717, 1.165) is 0 Å². The van der Waals surface area contributed by atoms with Crippen LogP contribution in [0.5, 0.6) is 0 Å². The van der Waals surface area contributed by atoms with Gasteiger partial charge in [0.2, 0.25) is 6.34 Å². The van der Waals surface area contributed by atoms with Gasteiger partial charge in [0.05, 0.1) is 13.2 Å². The van der Waals surface area contributed by atoms with Crippen molar-refractivity contribution in [3.63, 3.8) is 0 Å². The quantitative estimate of drug-likeness (QED) is 0.674. The molecule has 0 bridgehead atoms. The van der Waals surface area contributed by atoms with E-state index in [0.29, 0.717) is 0 Å². The summed E-state index contributed by atoms with van der Waals surface area (Å²) in [6.07, 6.45) is 4.25. The minimum absolute atomic E-state index is 0. The van der Waals surface area contributed by atoms with Gasteiger partial charge in [-0.25, -0.2) is 4.99 Å². The number of quaternary nitrogens is 1. The smallest absolute Gasteiger partial charge is 0.311 e. The Labute approximate surface area is 84.0 Å². The summed E-state index contributed by atoms with van der Waals surface area (Å²) < 4.78 is 22.8. The summed E-state index contributed by atoms with van der Waals surface area (Å²) in [5, 5.41) is -0.892. The van der Waals surface area contributed by atoms with Gasteiger partial charge in [0.15, 0.2) is 5.37 Å².